The molecule has 3 nitrogen and oxygen atoms in total. The molecule has 2 bridgehead atoms. The number of rotatable bonds is 1. The first-order valence-corrected chi connectivity index (χ1v) is 5.72. The molecule has 0 heterocycles. The zero-order valence-corrected chi connectivity index (χ0v) is 8.93. The molecule has 6 unspecified atom stereocenters. The Morgan fingerprint density at radius 1 is 0.867 bits per heavy atom. The van der Waals surface area contributed by atoms with E-state index in [-0.39, 0.29) is 24.4 Å². The summed E-state index contributed by atoms with van der Waals surface area (Å²) in [7, 11) is 0. The van der Waals surface area contributed by atoms with Crippen LogP contribution in [-0.4, -0.2) is 17.1 Å². The number of aliphatic carboxylic acids is 1. The average molecular weight is 228 g/mol. The number of hydrogen-bond acceptors (Lipinski definition) is 2. The van der Waals surface area contributed by atoms with Gasteiger partial charge in [-0.15, -0.1) is 12.4 Å². The summed E-state index contributed by atoms with van der Waals surface area (Å²) in [4.78, 5) is 11.2. The van der Waals surface area contributed by atoms with E-state index in [1.165, 1.54) is 0 Å². The van der Waals surface area contributed by atoms with Gasteiger partial charge in [0.2, 0.25) is 0 Å². The van der Waals surface area contributed by atoms with Gasteiger partial charge in [0.05, 0.1) is 5.92 Å². The lowest BCUT2D eigenvalue weighted by molar-refractivity contribution is -0.149. The first-order valence-electron chi connectivity index (χ1n) is 5.72. The van der Waals surface area contributed by atoms with Crippen molar-refractivity contribution in [2.45, 2.75) is 6.04 Å². The van der Waals surface area contributed by atoms with Gasteiger partial charge in [-0.05, 0) is 47.3 Å². The predicted molar refractivity (Wildman–Crippen MR) is 54.3 cm³/mol. The van der Waals surface area contributed by atoms with Gasteiger partial charge < -0.3 is 10.8 Å². The molecule has 0 amide bonds. The van der Waals surface area contributed by atoms with Crippen LogP contribution in [0.4, 0.5) is 0 Å². The third-order valence-electron chi connectivity index (χ3n) is 6.17. The molecule has 0 aromatic heterocycles. The minimum Gasteiger partial charge on any atom is -0.481 e. The Morgan fingerprint density at radius 3 is 1.73 bits per heavy atom. The predicted octanol–water partition coefficient (Wildman–Crippen LogP) is 0.434. The van der Waals surface area contributed by atoms with Crippen molar-refractivity contribution in [3.8, 4) is 0 Å². The van der Waals surface area contributed by atoms with Gasteiger partial charge in [-0.1, -0.05) is 0 Å². The van der Waals surface area contributed by atoms with Gasteiger partial charge in [0.15, 0.2) is 0 Å². The van der Waals surface area contributed by atoms with Gasteiger partial charge in [-0.3, -0.25) is 4.79 Å². The summed E-state index contributed by atoms with van der Waals surface area (Å²) >= 11 is 0. The van der Waals surface area contributed by atoms with Crippen molar-refractivity contribution in [2.75, 3.05) is 0 Å². The molecule has 4 heteroatoms. The largest absolute Gasteiger partial charge is 0.481 e. The number of carbonyl (C=O) groups is 1. The number of carboxylic acid groups (broad SMARTS) is 1. The molecule has 82 valence electrons. The average Bonchev–Trinajstić information content (AvgIpc) is 2.93. The summed E-state index contributed by atoms with van der Waals surface area (Å²) < 4.78 is 0. The summed E-state index contributed by atoms with van der Waals surface area (Å²) in [6.07, 6.45) is 0. The van der Waals surface area contributed by atoms with Gasteiger partial charge in [0, 0.05) is 6.04 Å². The molecule has 0 radical (unpaired) electrons. The molecule has 15 heavy (non-hydrogen) atoms. The first-order chi connectivity index (χ1) is 6.73. The van der Waals surface area contributed by atoms with E-state index in [1.807, 2.05) is 0 Å². The maximum atomic E-state index is 11.2. The summed E-state index contributed by atoms with van der Waals surface area (Å²) in [5.74, 6) is 5.44. The number of halogens is 1. The molecule has 6 saturated carbocycles. The second-order valence-electron chi connectivity index (χ2n) is 6.06. The molecule has 0 saturated heterocycles. The normalized spacial score (nSPS) is 73.7. The summed E-state index contributed by atoms with van der Waals surface area (Å²) in [5.41, 5.74) is 6.13. The maximum Gasteiger partial charge on any atom is 0.308 e. The van der Waals surface area contributed by atoms with E-state index in [2.05, 4.69) is 0 Å². The molecule has 6 rings (SSSR count). The van der Waals surface area contributed by atoms with E-state index in [0.29, 0.717) is 11.8 Å². The Kier molecular flexibility index (Phi) is 1.22. The minimum atomic E-state index is -0.623. The van der Waals surface area contributed by atoms with Gasteiger partial charge in [-0.25, -0.2) is 0 Å². The quantitative estimate of drug-likeness (QED) is 0.683. The highest BCUT2D eigenvalue weighted by molar-refractivity contribution is 5.85. The molecule has 0 aromatic carbocycles. The van der Waals surface area contributed by atoms with E-state index in [4.69, 9.17) is 5.73 Å². The smallest absolute Gasteiger partial charge is 0.308 e. The lowest BCUT2D eigenvalue weighted by Gasteiger charge is -2.44. The Morgan fingerprint density at radius 2 is 1.27 bits per heavy atom. The minimum absolute atomic E-state index is 0. The summed E-state index contributed by atoms with van der Waals surface area (Å²) in [5, 5.41) is 9.23. The number of hydrogen-bond donors (Lipinski definition) is 2. The van der Waals surface area contributed by atoms with Crippen LogP contribution in [0.1, 0.15) is 0 Å². The fourth-order valence-electron chi connectivity index (χ4n) is 6.18. The highest BCUT2D eigenvalue weighted by Crippen LogP contribution is 2.92. The monoisotopic (exact) mass is 227 g/mol. The molecule has 3 N–H and O–H groups in total. The van der Waals surface area contributed by atoms with Crippen molar-refractivity contribution in [3.05, 3.63) is 0 Å². The fourth-order valence-corrected chi connectivity index (χ4v) is 6.18. The zero-order valence-electron chi connectivity index (χ0n) is 8.11. The van der Waals surface area contributed by atoms with Gasteiger partial charge in [-0.2, -0.15) is 0 Å². The Labute approximate surface area is 93.8 Å². The van der Waals surface area contributed by atoms with Crippen LogP contribution < -0.4 is 5.73 Å². The second kappa shape index (κ2) is 2.07. The van der Waals surface area contributed by atoms with Crippen LogP contribution in [0.15, 0.2) is 0 Å². The van der Waals surface area contributed by atoms with Crippen LogP contribution in [-0.2, 0) is 4.79 Å². The molecule has 6 aliphatic carbocycles. The van der Waals surface area contributed by atoms with Crippen LogP contribution >= 0.6 is 12.4 Å². The molecule has 6 aliphatic rings. The van der Waals surface area contributed by atoms with Crippen molar-refractivity contribution in [1.29, 1.82) is 0 Å². The van der Waals surface area contributed by atoms with Crippen LogP contribution in [0.5, 0.6) is 0 Å². The Hall–Kier alpha value is -0.280. The van der Waals surface area contributed by atoms with E-state index in [9.17, 15) is 9.90 Å². The third kappa shape index (κ3) is 0.607. The van der Waals surface area contributed by atoms with E-state index in [1.54, 1.807) is 0 Å². The van der Waals surface area contributed by atoms with E-state index >= 15 is 0 Å². The van der Waals surface area contributed by atoms with Crippen LogP contribution in [0, 0.1) is 53.3 Å². The van der Waals surface area contributed by atoms with Crippen molar-refractivity contribution in [1.82, 2.24) is 0 Å². The zero-order chi connectivity index (χ0) is 9.35. The number of fused-ring (bicyclic) bond motifs is 1. The molecular formula is C11H14ClNO2. The first kappa shape index (κ1) is 8.82. The van der Waals surface area contributed by atoms with Crippen LogP contribution in [0.3, 0.4) is 0 Å². The van der Waals surface area contributed by atoms with Crippen molar-refractivity contribution < 1.29 is 9.90 Å². The van der Waals surface area contributed by atoms with E-state index in [0.717, 1.165) is 35.5 Å². The number of nitrogens with two attached hydrogens (primary N) is 1. The highest BCUT2D eigenvalue weighted by atomic mass is 35.5. The number of carboxylic acids is 1. The van der Waals surface area contributed by atoms with Crippen molar-refractivity contribution in [3.63, 3.8) is 0 Å². The second-order valence-corrected chi connectivity index (χ2v) is 6.06. The topological polar surface area (TPSA) is 63.3 Å². The molecular weight excluding hydrogens is 214 g/mol. The SMILES string of the molecule is Cl.N[C@@H]1C2C3C4C5C2C5C(C43)[C@@H]1C(=O)O. The van der Waals surface area contributed by atoms with Gasteiger partial charge in [0.1, 0.15) is 0 Å². The van der Waals surface area contributed by atoms with Gasteiger partial charge in [0.25, 0.3) is 0 Å². The summed E-state index contributed by atoms with van der Waals surface area (Å²) in [6, 6.07) is -0.0162. The lowest BCUT2D eigenvalue weighted by Crippen LogP contribution is -2.54. The van der Waals surface area contributed by atoms with Crippen molar-refractivity contribution >= 4 is 18.4 Å². The van der Waals surface area contributed by atoms with Crippen molar-refractivity contribution in [2.24, 2.45) is 59.0 Å². The van der Waals surface area contributed by atoms with E-state index < -0.39 is 5.97 Å². The fraction of sp³-hybridized carbons (Fsp3) is 0.909. The standard InChI is InChI=1S/C11H13NO2.ClH/c12-10-8-5-1-2-4(6(2)8)7(3(1)5)9(10)11(13)14;/h1-10H,12H2,(H,13,14);1H/t1?,2?,3?,4?,5?,6?,7?,8?,9-,10+;/m0./s1. The molecule has 6 fully saturated rings. The van der Waals surface area contributed by atoms with Gasteiger partial charge >= 0.3 is 5.97 Å². The third-order valence-corrected chi connectivity index (χ3v) is 6.17. The lowest BCUT2D eigenvalue weighted by atomic mass is 9.62. The molecule has 0 aromatic rings. The highest BCUT2D eigenvalue weighted by Gasteiger charge is 2.91. The Balaban J connectivity index is 0.000000648. The maximum absolute atomic E-state index is 11.2. The summed E-state index contributed by atoms with van der Waals surface area (Å²) in [6.45, 7) is 0. The van der Waals surface area contributed by atoms with Crippen LogP contribution in [0.25, 0.3) is 0 Å². The molecule has 8 atom stereocenters. The molecule has 0 spiro atoms. The molecule has 0 aliphatic heterocycles. The van der Waals surface area contributed by atoms with Crippen LogP contribution in [0.2, 0.25) is 0 Å². The Bertz CT molecular complexity index is 365.